The monoisotopic (exact) mass is 466 g/mol. The predicted molar refractivity (Wildman–Crippen MR) is 122 cm³/mol. The molecule has 34 heavy (non-hydrogen) atoms. The minimum absolute atomic E-state index is 0.0335. The average molecular weight is 466 g/mol. The van der Waals surface area contributed by atoms with Crippen molar-refractivity contribution in [1.29, 1.82) is 0 Å². The first kappa shape index (κ1) is 23.5. The van der Waals surface area contributed by atoms with Crippen molar-refractivity contribution in [3.05, 3.63) is 106 Å². The first-order chi connectivity index (χ1) is 16.4. The largest absolute Gasteiger partial charge is 0.385 e. The Morgan fingerprint density at radius 1 is 0.735 bits per heavy atom. The zero-order valence-electron chi connectivity index (χ0n) is 18.2. The molecule has 0 spiro atoms. The number of benzene rings is 4. The van der Waals surface area contributed by atoms with E-state index in [1.54, 1.807) is 13.2 Å². The molecule has 0 heterocycles. The number of methoxy groups -OCH3 is 1. The highest BCUT2D eigenvalue weighted by Crippen LogP contribution is 2.29. The van der Waals surface area contributed by atoms with Gasteiger partial charge in [-0.3, -0.25) is 0 Å². The highest BCUT2D eigenvalue weighted by atomic mass is 19.2. The van der Waals surface area contributed by atoms with Gasteiger partial charge < -0.3 is 4.74 Å². The van der Waals surface area contributed by atoms with E-state index in [2.05, 4.69) is 11.8 Å². The highest BCUT2D eigenvalue weighted by Gasteiger charge is 2.15. The quantitative estimate of drug-likeness (QED) is 0.172. The Bertz CT molecular complexity index is 1410. The van der Waals surface area contributed by atoms with Gasteiger partial charge in [0.2, 0.25) is 0 Å². The molecule has 0 aliphatic rings. The van der Waals surface area contributed by atoms with Gasteiger partial charge in [0.1, 0.15) is 17.5 Å². The molecule has 0 fully saturated rings. The second-order valence-corrected chi connectivity index (χ2v) is 7.77. The van der Waals surface area contributed by atoms with E-state index in [-0.39, 0.29) is 22.1 Å². The van der Waals surface area contributed by atoms with Crippen molar-refractivity contribution in [3.8, 4) is 23.0 Å². The van der Waals surface area contributed by atoms with Crippen LogP contribution < -0.4 is 0 Å². The predicted octanol–water partition coefficient (Wildman–Crippen LogP) is 7.18. The Hall–Kier alpha value is -3.69. The summed E-state index contributed by atoms with van der Waals surface area (Å²) in [5.74, 6) is 1.28. The van der Waals surface area contributed by atoms with E-state index in [0.717, 1.165) is 12.1 Å². The highest BCUT2D eigenvalue weighted by molar-refractivity contribution is 5.84. The van der Waals surface area contributed by atoms with E-state index in [4.69, 9.17) is 4.74 Å². The van der Waals surface area contributed by atoms with Crippen molar-refractivity contribution in [3.63, 3.8) is 0 Å². The fourth-order valence-electron chi connectivity index (χ4n) is 3.72. The molecular formula is C28H19F5O. The van der Waals surface area contributed by atoms with Crippen molar-refractivity contribution in [2.24, 2.45) is 0 Å². The molecule has 0 N–H and O–H groups in total. The maximum absolute atomic E-state index is 14.7. The van der Waals surface area contributed by atoms with E-state index in [9.17, 15) is 22.0 Å². The van der Waals surface area contributed by atoms with Crippen molar-refractivity contribution in [2.75, 3.05) is 13.7 Å². The van der Waals surface area contributed by atoms with Crippen LogP contribution in [0.1, 0.15) is 23.1 Å². The van der Waals surface area contributed by atoms with Crippen molar-refractivity contribution in [1.82, 2.24) is 0 Å². The number of rotatable bonds is 5. The summed E-state index contributed by atoms with van der Waals surface area (Å²) in [6.07, 6.45) is 1.08. The van der Waals surface area contributed by atoms with Gasteiger partial charge >= 0.3 is 0 Å². The minimum Gasteiger partial charge on any atom is -0.385 e. The lowest BCUT2D eigenvalue weighted by atomic mass is 9.99. The summed E-state index contributed by atoms with van der Waals surface area (Å²) in [4.78, 5) is 0. The van der Waals surface area contributed by atoms with E-state index in [1.165, 1.54) is 42.5 Å². The van der Waals surface area contributed by atoms with Gasteiger partial charge in [0.15, 0.2) is 11.6 Å². The standard InChI is InChI=1S/C28H19F5O/c1-34-12-2-3-18-14-25(31)27(26(32)15-18)21-8-7-19(24(30)16-21)6-4-17-5-10-22-20(13-17)9-11-23(29)28(22)33/h5,7-11,13-16H,2-3,12H2,1H3. The van der Waals surface area contributed by atoms with Crippen molar-refractivity contribution in [2.45, 2.75) is 12.8 Å². The van der Waals surface area contributed by atoms with Gasteiger partial charge in [-0.25, -0.2) is 22.0 Å². The fraction of sp³-hybridized carbons (Fsp3) is 0.143. The van der Waals surface area contributed by atoms with Crippen molar-refractivity contribution < 1.29 is 26.7 Å². The summed E-state index contributed by atoms with van der Waals surface area (Å²) < 4.78 is 76.1. The van der Waals surface area contributed by atoms with E-state index < -0.39 is 29.1 Å². The van der Waals surface area contributed by atoms with Gasteiger partial charge in [-0.15, -0.1) is 0 Å². The molecule has 0 aliphatic carbocycles. The van der Waals surface area contributed by atoms with Crippen LogP contribution in [0.15, 0.2) is 60.7 Å². The Balaban J connectivity index is 1.60. The maximum Gasteiger partial charge on any atom is 0.166 e. The van der Waals surface area contributed by atoms with Crippen LogP contribution >= 0.6 is 0 Å². The molecule has 0 bridgehead atoms. The molecule has 172 valence electrons. The van der Waals surface area contributed by atoms with Crippen LogP contribution in [-0.4, -0.2) is 13.7 Å². The summed E-state index contributed by atoms with van der Waals surface area (Å²) in [7, 11) is 1.55. The molecule has 0 unspecified atom stereocenters. The zero-order valence-corrected chi connectivity index (χ0v) is 18.2. The van der Waals surface area contributed by atoms with Gasteiger partial charge in [0.25, 0.3) is 0 Å². The molecule has 0 aliphatic heterocycles. The Morgan fingerprint density at radius 3 is 2.21 bits per heavy atom. The molecule has 0 saturated carbocycles. The molecule has 4 rings (SSSR count). The third-order valence-corrected chi connectivity index (χ3v) is 5.42. The third-order valence-electron chi connectivity index (χ3n) is 5.42. The third kappa shape index (κ3) is 4.95. The number of aryl methyl sites for hydroxylation is 1. The molecular weight excluding hydrogens is 447 g/mol. The van der Waals surface area contributed by atoms with E-state index >= 15 is 0 Å². The number of ether oxygens (including phenoxy) is 1. The summed E-state index contributed by atoms with van der Waals surface area (Å²) >= 11 is 0. The van der Waals surface area contributed by atoms with E-state index in [1.807, 2.05) is 0 Å². The van der Waals surface area contributed by atoms with Crippen LogP contribution in [0.4, 0.5) is 22.0 Å². The molecule has 0 radical (unpaired) electrons. The van der Waals surface area contributed by atoms with Gasteiger partial charge in [0.05, 0.1) is 11.1 Å². The minimum atomic E-state index is -0.943. The van der Waals surface area contributed by atoms with Crippen LogP contribution in [0, 0.1) is 40.9 Å². The summed E-state index contributed by atoms with van der Waals surface area (Å²) in [6, 6.07) is 13.2. The Labute approximate surface area is 193 Å². The summed E-state index contributed by atoms with van der Waals surface area (Å²) in [5, 5.41) is 0.577. The van der Waals surface area contributed by atoms with Crippen LogP contribution in [-0.2, 0) is 11.2 Å². The van der Waals surface area contributed by atoms with Gasteiger partial charge in [-0.2, -0.15) is 0 Å². The lowest BCUT2D eigenvalue weighted by Gasteiger charge is -2.09. The summed E-state index contributed by atoms with van der Waals surface area (Å²) in [6.45, 7) is 0.480. The number of hydrogen-bond donors (Lipinski definition) is 0. The SMILES string of the molecule is COCCCc1cc(F)c(-c2ccc(C#Cc3ccc4c(F)c(F)ccc4c3)c(F)c2)c(F)c1. The second-order valence-electron chi connectivity index (χ2n) is 7.77. The molecule has 0 atom stereocenters. The normalized spacial score (nSPS) is 10.9. The molecule has 1 nitrogen and oxygen atoms in total. The number of halogens is 5. The lowest BCUT2D eigenvalue weighted by Crippen LogP contribution is -1.98. The van der Waals surface area contributed by atoms with Gasteiger partial charge in [-0.05, 0) is 71.8 Å². The first-order valence-electron chi connectivity index (χ1n) is 10.5. The lowest BCUT2D eigenvalue weighted by molar-refractivity contribution is 0.195. The fourth-order valence-corrected chi connectivity index (χ4v) is 3.72. The molecule has 6 heteroatoms. The second kappa shape index (κ2) is 10.1. The molecule has 0 aromatic heterocycles. The Kier molecular flexibility index (Phi) is 6.95. The van der Waals surface area contributed by atoms with Crippen LogP contribution in [0.2, 0.25) is 0 Å². The van der Waals surface area contributed by atoms with Crippen LogP contribution in [0.5, 0.6) is 0 Å². The first-order valence-corrected chi connectivity index (χ1v) is 10.5. The molecule has 4 aromatic rings. The number of hydrogen-bond acceptors (Lipinski definition) is 1. The smallest absolute Gasteiger partial charge is 0.166 e. The average Bonchev–Trinajstić information content (AvgIpc) is 2.81. The topological polar surface area (TPSA) is 9.23 Å². The molecule has 0 saturated heterocycles. The van der Waals surface area contributed by atoms with Gasteiger partial charge in [0, 0.05) is 24.7 Å². The maximum atomic E-state index is 14.7. The van der Waals surface area contributed by atoms with Crippen LogP contribution in [0.25, 0.3) is 21.9 Å². The molecule has 0 amide bonds. The van der Waals surface area contributed by atoms with Crippen LogP contribution in [0.3, 0.4) is 0 Å². The van der Waals surface area contributed by atoms with Crippen molar-refractivity contribution >= 4 is 10.8 Å². The summed E-state index contributed by atoms with van der Waals surface area (Å²) in [5.41, 5.74) is 0.758. The Morgan fingerprint density at radius 2 is 1.50 bits per heavy atom. The number of fused-ring (bicyclic) bond motifs is 1. The van der Waals surface area contributed by atoms with E-state index in [0.29, 0.717) is 36.0 Å². The molecule has 4 aromatic carbocycles. The zero-order chi connectivity index (χ0) is 24.2. The van der Waals surface area contributed by atoms with Gasteiger partial charge in [-0.1, -0.05) is 30.0 Å².